The molecule has 1 rings (SSSR count). The number of rotatable bonds is 4. The number of aliphatic carboxylic acids is 1. The summed E-state index contributed by atoms with van der Waals surface area (Å²) in [5, 5.41) is 20.9. The molecule has 98 valence electrons. The topological polar surface area (TPSA) is 86.6 Å². The second kappa shape index (κ2) is 6.03. The number of carbonyl (C=O) groups is 2. The largest absolute Gasteiger partial charge is 0.507 e. The van der Waals surface area contributed by atoms with Crippen LogP contribution in [0, 0.1) is 9.49 Å². The molecule has 0 aliphatic heterocycles. The van der Waals surface area contributed by atoms with Gasteiger partial charge in [-0.15, -0.1) is 0 Å². The average Bonchev–Trinajstić information content (AvgIpc) is 2.31. The Kier molecular flexibility index (Phi) is 4.94. The van der Waals surface area contributed by atoms with Gasteiger partial charge < -0.3 is 15.5 Å². The maximum atomic E-state index is 11.8. The summed E-state index contributed by atoms with van der Waals surface area (Å²) in [5.41, 5.74) is 0.303. The summed E-state index contributed by atoms with van der Waals surface area (Å²) in [6.45, 7) is 3.15. The van der Waals surface area contributed by atoms with Crippen LogP contribution in [0.1, 0.15) is 24.2 Å². The van der Waals surface area contributed by atoms with Gasteiger partial charge in [0.15, 0.2) is 0 Å². The van der Waals surface area contributed by atoms with Crippen LogP contribution in [0.5, 0.6) is 5.75 Å². The summed E-state index contributed by atoms with van der Waals surface area (Å²) < 4.78 is 0.649. The van der Waals surface area contributed by atoms with Crippen molar-refractivity contribution >= 4 is 34.5 Å². The number of phenolic OH excluding ortho intramolecular Hbond substituents is 1. The molecule has 1 aromatic carbocycles. The summed E-state index contributed by atoms with van der Waals surface area (Å²) in [4.78, 5) is 22.6. The van der Waals surface area contributed by atoms with Crippen molar-refractivity contribution in [1.82, 2.24) is 5.32 Å². The minimum absolute atomic E-state index is 0.0298. The first-order valence-corrected chi connectivity index (χ1v) is 6.43. The van der Waals surface area contributed by atoms with Gasteiger partial charge in [-0.2, -0.15) is 0 Å². The van der Waals surface area contributed by atoms with Gasteiger partial charge >= 0.3 is 5.97 Å². The minimum atomic E-state index is -0.965. The molecular formula is C12H14INO4. The van der Waals surface area contributed by atoms with Crippen molar-refractivity contribution < 1.29 is 19.8 Å². The number of amides is 1. The van der Waals surface area contributed by atoms with E-state index in [1.807, 2.05) is 22.6 Å². The van der Waals surface area contributed by atoms with E-state index < -0.39 is 23.8 Å². The maximum absolute atomic E-state index is 11.8. The highest BCUT2D eigenvalue weighted by Gasteiger charge is 2.21. The van der Waals surface area contributed by atoms with Gasteiger partial charge in [0.1, 0.15) is 5.75 Å². The first-order valence-electron chi connectivity index (χ1n) is 5.35. The maximum Gasteiger partial charge on any atom is 0.308 e. The Morgan fingerprint density at radius 3 is 2.44 bits per heavy atom. The van der Waals surface area contributed by atoms with Crippen LogP contribution in [-0.4, -0.2) is 28.1 Å². The van der Waals surface area contributed by atoms with Crippen LogP contribution < -0.4 is 5.32 Å². The highest BCUT2D eigenvalue weighted by molar-refractivity contribution is 14.1. The molecule has 3 N–H and O–H groups in total. The van der Waals surface area contributed by atoms with Gasteiger partial charge in [-0.25, -0.2) is 0 Å². The molecule has 0 bridgehead atoms. The van der Waals surface area contributed by atoms with Crippen molar-refractivity contribution in [3.8, 4) is 5.75 Å². The SMILES string of the molecule is CC(NC(=O)c1ccc(I)c(O)c1)C(C)C(=O)O. The first kappa shape index (κ1) is 14.7. The molecule has 2 atom stereocenters. The number of phenols is 1. The summed E-state index contributed by atoms with van der Waals surface area (Å²) in [6, 6.07) is 4.07. The fourth-order valence-corrected chi connectivity index (χ4v) is 1.62. The van der Waals surface area contributed by atoms with E-state index in [0.717, 1.165) is 0 Å². The minimum Gasteiger partial charge on any atom is -0.507 e. The zero-order chi connectivity index (χ0) is 13.9. The van der Waals surface area contributed by atoms with Gasteiger partial charge in [-0.1, -0.05) is 0 Å². The van der Waals surface area contributed by atoms with Crippen molar-refractivity contribution in [3.05, 3.63) is 27.3 Å². The number of carboxylic acid groups (broad SMARTS) is 1. The lowest BCUT2D eigenvalue weighted by molar-refractivity contribution is -0.141. The summed E-state index contributed by atoms with van der Waals surface area (Å²) in [7, 11) is 0. The molecule has 0 spiro atoms. The number of carbonyl (C=O) groups excluding carboxylic acids is 1. The lowest BCUT2D eigenvalue weighted by atomic mass is 10.0. The van der Waals surface area contributed by atoms with E-state index in [9.17, 15) is 14.7 Å². The quantitative estimate of drug-likeness (QED) is 0.713. The molecular weight excluding hydrogens is 349 g/mol. The van der Waals surface area contributed by atoms with Crippen LogP contribution in [0.25, 0.3) is 0 Å². The Labute approximate surface area is 118 Å². The molecule has 6 heteroatoms. The van der Waals surface area contributed by atoms with Crippen LogP contribution in [0.2, 0.25) is 0 Å². The fraction of sp³-hybridized carbons (Fsp3) is 0.333. The van der Waals surface area contributed by atoms with Gasteiger partial charge in [-0.05, 0) is 54.6 Å². The normalized spacial score (nSPS) is 13.7. The predicted octanol–water partition coefficient (Wildman–Crippen LogP) is 1.84. The third-order valence-corrected chi connectivity index (χ3v) is 3.62. The zero-order valence-corrected chi connectivity index (χ0v) is 12.1. The lowest BCUT2D eigenvalue weighted by Crippen LogP contribution is -2.40. The smallest absolute Gasteiger partial charge is 0.308 e. The monoisotopic (exact) mass is 363 g/mol. The van der Waals surface area contributed by atoms with Crippen LogP contribution in [0.4, 0.5) is 0 Å². The molecule has 0 fully saturated rings. The second-order valence-electron chi connectivity index (χ2n) is 4.06. The molecule has 0 aromatic heterocycles. The molecule has 2 unspecified atom stereocenters. The molecule has 18 heavy (non-hydrogen) atoms. The number of halogens is 1. The Morgan fingerprint density at radius 1 is 1.33 bits per heavy atom. The van der Waals surface area contributed by atoms with E-state index >= 15 is 0 Å². The number of carboxylic acids is 1. The predicted molar refractivity (Wildman–Crippen MR) is 74.6 cm³/mol. The number of aromatic hydroxyl groups is 1. The van der Waals surface area contributed by atoms with E-state index in [-0.39, 0.29) is 5.75 Å². The molecule has 0 heterocycles. The molecule has 1 aromatic rings. The standard InChI is InChI=1S/C12H14INO4/c1-6(12(17)18)7(2)14-11(16)8-3-4-9(13)10(15)5-8/h3-7,15H,1-2H3,(H,14,16)(H,17,18). The highest BCUT2D eigenvalue weighted by Crippen LogP contribution is 2.20. The molecule has 0 aliphatic carbocycles. The van der Waals surface area contributed by atoms with E-state index in [1.54, 1.807) is 19.1 Å². The van der Waals surface area contributed by atoms with Crippen LogP contribution in [0.3, 0.4) is 0 Å². The van der Waals surface area contributed by atoms with Crippen LogP contribution >= 0.6 is 22.6 Å². The van der Waals surface area contributed by atoms with E-state index in [4.69, 9.17) is 5.11 Å². The van der Waals surface area contributed by atoms with Gasteiger partial charge in [0.05, 0.1) is 9.49 Å². The Hall–Kier alpha value is -1.31. The number of hydrogen-bond acceptors (Lipinski definition) is 3. The summed E-state index contributed by atoms with van der Waals surface area (Å²) >= 11 is 1.95. The van der Waals surface area contributed by atoms with Gasteiger partial charge in [0.2, 0.25) is 0 Å². The van der Waals surface area contributed by atoms with E-state index in [2.05, 4.69) is 5.32 Å². The van der Waals surface area contributed by atoms with Gasteiger partial charge in [-0.3, -0.25) is 9.59 Å². The summed E-state index contributed by atoms with van der Waals surface area (Å²) in [5.74, 6) is -2.01. The van der Waals surface area contributed by atoms with Crippen molar-refractivity contribution in [2.45, 2.75) is 19.9 Å². The summed E-state index contributed by atoms with van der Waals surface area (Å²) in [6.07, 6.45) is 0. The zero-order valence-electron chi connectivity index (χ0n) is 9.98. The second-order valence-corrected chi connectivity index (χ2v) is 5.22. The molecule has 0 saturated carbocycles. The fourth-order valence-electron chi connectivity index (χ4n) is 1.28. The molecule has 0 radical (unpaired) electrons. The first-order chi connectivity index (χ1) is 8.32. The molecule has 0 aliphatic rings. The van der Waals surface area contributed by atoms with Crippen LogP contribution in [0.15, 0.2) is 18.2 Å². The lowest BCUT2D eigenvalue weighted by Gasteiger charge is -2.17. The van der Waals surface area contributed by atoms with Gasteiger partial charge in [0.25, 0.3) is 5.91 Å². The van der Waals surface area contributed by atoms with E-state index in [0.29, 0.717) is 9.13 Å². The van der Waals surface area contributed by atoms with Crippen molar-refractivity contribution in [2.75, 3.05) is 0 Å². The number of nitrogens with one attached hydrogen (secondary N) is 1. The Balaban J connectivity index is 2.76. The molecule has 1 amide bonds. The van der Waals surface area contributed by atoms with Gasteiger partial charge in [0, 0.05) is 11.6 Å². The number of hydrogen-bond donors (Lipinski definition) is 3. The van der Waals surface area contributed by atoms with Crippen molar-refractivity contribution in [3.63, 3.8) is 0 Å². The molecule has 5 nitrogen and oxygen atoms in total. The van der Waals surface area contributed by atoms with E-state index in [1.165, 1.54) is 13.0 Å². The Morgan fingerprint density at radius 2 is 1.94 bits per heavy atom. The Bertz CT molecular complexity index is 475. The number of benzene rings is 1. The van der Waals surface area contributed by atoms with Crippen LogP contribution in [-0.2, 0) is 4.79 Å². The third kappa shape index (κ3) is 3.59. The third-order valence-electron chi connectivity index (χ3n) is 2.71. The average molecular weight is 363 g/mol. The highest BCUT2D eigenvalue weighted by atomic mass is 127. The van der Waals surface area contributed by atoms with Crippen molar-refractivity contribution in [2.24, 2.45) is 5.92 Å². The van der Waals surface area contributed by atoms with Crippen molar-refractivity contribution in [1.29, 1.82) is 0 Å². The molecule has 0 saturated heterocycles.